The fraction of sp³-hybridized carbons (Fsp3) is 1.00. The highest BCUT2D eigenvalue weighted by molar-refractivity contribution is 5.09. The molecular formula is C19H31NO3. The van der Waals surface area contributed by atoms with Crippen LogP contribution in [0.2, 0.25) is 0 Å². The fourth-order valence-corrected chi connectivity index (χ4v) is 7.55. The maximum Gasteiger partial charge on any atom is 0.218 e. The van der Waals surface area contributed by atoms with Crippen molar-refractivity contribution >= 4 is 0 Å². The van der Waals surface area contributed by atoms with Crippen LogP contribution in [0.5, 0.6) is 0 Å². The molecule has 4 saturated carbocycles. The minimum absolute atomic E-state index is 0.0185. The van der Waals surface area contributed by atoms with E-state index in [1.807, 2.05) is 0 Å². The Balaban J connectivity index is 1.61. The van der Waals surface area contributed by atoms with Gasteiger partial charge in [0.25, 0.3) is 0 Å². The molecule has 1 N–H and O–H groups in total. The molecule has 8 atom stereocenters. The van der Waals surface area contributed by atoms with Gasteiger partial charge in [-0.15, -0.1) is 0 Å². The number of hydrogen-bond donors (Lipinski definition) is 1. The van der Waals surface area contributed by atoms with Gasteiger partial charge in [0.2, 0.25) is 6.04 Å². The molecule has 130 valence electrons. The molecule has 0 aliphatic heterocycles. The van der Waals surface area contributed by atoms with Gasteiger partial charge in [-0.3, -0.25) is 10.1 Å². The van der Waals surface area contributed by atoms with Crippen LogP contribution >= 0.6 is 0 Å². The number of rotatable bonds is 1. The highest BCUT2D eigenvalue weighted by Crippen LogP contribution is 2.66. The second-order valence-corrected chi connectivity index (χ2v) is 9.51. The average molecular weight is 321 g/mol. The lowest BCUT2D eigenvalue weighted by Crippen LogP contribution is -2.55. The van der Waals surface area contributed by atoms with Crippen molar-refractivity contribution in [1.29, 1.82) is 0 Å². The SMILES string of the molecule is C[C@]12CC[C@H](O)C[C@@H]1CC[C@@H]1[C@@H]2CC[C@]2(C)[C@@H]([N+](=O)[O-])CC[C@@H]12. The van der Waals surface area contributed by atoms with Gasteiger partial charge < -0.3 is 5.11 Å². The lowest BCUT2D eigenvalue weighted by atomic mass is 9.45. The number of nitrogens with zero attached hydrogens (tertiary/aromatic N) is 1. The second kappa shape index (κ2) is 5.18. The average Bonchev–Trinajstić information content (AvgIpc) is 2.85. The smallest absolute Gasteiger partial charge is 0.218 e. The van der Waals surface area contributed by atoms with Gasteiger partial charge in [0, 0.05) is 16.8 Å². The minimum atomic E-state index is -0.313. The maximum absolute atomic E-state index is 11.5. The molecule has 4 rings (SSSR count). The van der Waals surface area contributed by atoms with Crippen LogP contribution in [0, 0.1) is 44.6 Å². The van der Waals surface area contributed by atoms with E-state index in [2.05, 4.69) is 13.8 Å². The molecule has 0 heterocycles. The van der Waals surface area contributed by atoms with Crippen LogP contribution in [-0.2, 0) is 0 Å². The maximum atomic E-state index is 11.5. The van der Waals surface area contributed by atoms with Crippen molar-refractivity contribution in [2.45, 2.75) is 83.8 Å². The Hall–Kier alpha value is -0.640. The summed E-state index contributed by atoms with van der Waals surface area (Å²) in [6, 6.07) is -0.313. The van der Waals surface area contributed by atoms with Crippen molar-refractivity contribution in [3.63, 3.8) is 0 Å². The summed E-state index contributed by atoms with van der Waals surface area (Å²) in [4.78, 5) is 11.5. The van der Waals surface area contributed by atoms with Gasteiger partial charge in [0.05, 0.1) is 6.10 Å². The summed E-state index contributed by atoms with van der Waals surface area (Å²) in [7, 11) is 0. The quantitative estimate of drug-likeness (QED) is 0.585. The van der Waals surface area contributed by atoms with Gasteiger partial charge in [-0.1, -0.05) is 13.8 Å². The summed E-state index contributed by atoms with van der Waals surface area (Å²) >= 11 is 0. The Labute approximate surface area is 139 Å². The Bertz CT molecular complexity index is 509. The third-order valence-electron chi connectivity index (χ3n) is 8.84. The van der Waals surface area contributed by atoms with Crippen LogP contribution in [0.15, 0.2) is 0 Å². The molecule has 4 fully saturated rings. The molecule has 0 saturated heterocycles. The molecule has 0 radical (unpaired) electrons. The zero-order valence-electron chi connectivity index (χ0n) is 14.5. The summed E-state index contributed by atoms with van der Waals surface area (Å²) < 4.78 is 0. The predicted octanol–water partition coefficient (Wildman–Crippen LogP) is 4.04. The van der Waals surface area contributed by atoms with Crippen molar-refractivity contribution in [2.75, 3.05) is 0 Å². The second-order valence-electron chi connectivity index (χ2n) is 9.51. The predicted molar refractivity (Wildman–Crippen MR) is 88.5 cm³/mol. The Morgan fingerprint density at radius 2 is 1.65 bits per heavy atom. The van der Waals surface area contributed by atoms with Gasteiger partial charge in [-0.25, -0.2) is 0 Å². The van der Waals surface area contributed by atoms with E-state index in [0.717, 1.165) is 44.4 Å². The van der Waals surface area contributed by atoms with E-state index in [9.17, 15) is 15.2 Å². The zero-order valence-corrected chi connectivity index (χ0v) is 14.5. The molecule has 0 aromatic heterocycles. The van der Waals surface area contributed by atoms with Crippen molar-refractivity contribution in [2.24, 2.45) is 34.5 Å². The van der Waals surface area contributed by atoms with Gasteiger partial charge in [-0.2, -0.15) is 0 Å². The Morgan fingerprint density at radius 3 is 2.39 bits per heavy atom. The van der Waals surface area contributed by atoms with Crippen LogP contribution in [0.4, 0.5) is 0 Å². The summed E-state index contributed by atoms with van der Waals surface area (Å²) in [6.07, 6.45) is 9.52. The largest absolute Gasteiger partial charge is 0.393 e. The topological polar surface area (TPSA) is 63.4 Å². The molecule has 4 heteroatoms. The minimum Gasteiger partial charge on any atom is -0.393 e. The van der Waals surface area contributed by atoms with Crippen molar-refractivity contribution < 1.29 is 10.0 Å². The third kappa shape index (κ3) is 2.13. The molecule has 0 bridgehead atoms. The van der Waals surface area contributed by atoms with Gasteiger partial charge in [-0.05, 0) is 80.5 Å². The van der Waals surface area contributed by atoms with E-state index >= 15 is 0 Å². The first-order chi connectivity index (χ1) is 10.9. The first kappa shape index (κ1) is 15.9. The number of hydrogen-bond acceptors (Lipinski definition) is 3. The van der Waals surface area contributed by atoms with E-state index in [1.54, 1.807) is 0 Å². The van der Waals surface area contributed by atoms with E-state index < -0.39 is 0 Å². The van der Waals surface area contributed by atoms with Crippen molar-refractivity contribution in [1.82, 2.24) is 0 Å². The number of nitro groups is 1. The Kier molecular flexibility index (Phi) is 3.57. The van der Waals surface area contributed by atoms with Crippen LogP contribution < -0.4 is 0 Å². The summed E-state index contributed by atoms with van der Waals surface area (Å²) in [5, 5.41) is 21.6. The molecule has 0 unspecified atom stereocenters. The molecule has 0 aromatic carbocycles. The number of aliphatic hydroxyl groups is 1. The van der Waals surface area contributed by atoms with Gasteiger partial charge in [0.1, 0.15) is 0 Å². The van der Waals surface area contributed by atoms with Crippen molar-refractivity contribution in [3.8, 4) is 0 Å². The first-order valence-electron chi connectivity index (χ1n) is 9.68. The third-order valence-corrected chi connectivity index (χ3v) is 8.84. The number of aliphatic hydroxyl groups excluding tert-OH is 1. The summed E-state index contributed by atoms with van der Waals surface area (Å²) in [6.45, 7) is 4.69. The van der Waals surface area contributed by atoms with E-state index in [1.165, 1.54) is 19.3 Å². The van der Waals surface area contributed by atoms with Crippen LogP contribution in [0.3, 0.4) is 0 Å². The first-order valence-corrected chi connectivity index (χ1v) is 9.68. The molecule has 4 aliphatic carbocycles. The van der Waals surface area contributed by atoms with Crippen LogP contribution in [0.25, 0.3) is 0 Å². The normalized spacial score (nSPS) is 55.6. The standard InChI is InChI=1S/C19H31NO3/c1-18-9-7-13(21)11-12(18)3-4-14-15-5-6-17(20(22)23)19(15,2)10-8-16(14)18/h12-17,21H,3-11H2,1-2H3/t12-,13-,14-,15-,16-,17-,18-,19-/m0/s1. The summed E-state index contributed by atoms with van der Waals surface area (Å²) in [5.41, 5.74) is 0.304. The van der Waals surface area contributed by atoms with E-state index in [0.29, 0.717) is 23.2 Å². The van der Waals surface area contributed by atoms with Crippen molar-refractivity contribution in [3.05, 3.63) is 10.1 Å². The van der Waals surface area contributed by atoms with E-state index in [-0.39, 0.29) is 22.5 Å². The fourth-order valence-electron chi connectivity index (χ4n) is 7.55. The van der Waals surface area contributed by atoms with Crippen LogP contribution in [0.1, 0.15) is 71.6 Å². The monoisotopic (exact) mass is 321 g/mol. The van der Waals surface area contributed by atoms with Crippen LogP contribution in [-0.4, -0.2) is 22.2 Å². The lowest BCUT2D eigenvalue weighted by Gasteiger charge is -2.60. The molecule has 4 aliphatic rings. The number of fused-ring (bicyclic) bond motifs is 5. The molecule has 23 heavy (non-hydrogen) atoms. The Morgan fingerprint density at radius 1 is 0.957 bits per heavy atom. The molecule has 0 aromatic rings. The lowest BCUT2D eigenvalue weighted by molar-refractivity contribution is -0.540. The highest BCUT2D eigenvalue weighted by atomic mass is 16.6. The zero-order chi connectivity index (χ0) is 16.4. The molecule has 0 spiro atoms. The van der Waals surface area contributed by atoms with Gasteiger partial charge in [0.15, 0.2) is 0 Å². The molecular weight excluding hydrogens is 290 g/mol. The van der Waals surface area contributed by atoms with Gasteiger partial charge >= 0.3 is 0 Å². The molecule has 0 amide bonds. The van der Waals surface area contributed by atoms with E-state index in [4.69, 9.17) is 0 Å². The molecule has 4 nitrogen and oxygen atoms in total. The summed E-state index contributed by atoms with van der Waals surface area (Å²) in [5.74, 6) is 2.65. The highest BCUT2D eigenvalue weighted by Gasteiger charge is 2.63.